The van der Waals surface area contributed by atoms with E-state index in [-0.39, 0.29) is 5.92 Å². The zero-order valence-electron chi connectivity index (χ0n) is 10.9. The Morgan fingerprint density at radius 1 is 1.22 bits per heavy atom. The van der Waals surface area contributed by atoms with Crippen molar-refractivity contribution in [1.29, 1.82) is 0 Å². The summed E-state index contributed by atoms with van der Waals surface area (Å²) in [4.78, 5) is 0. The lowest BCUT2D eigenvalue weighted by atomic mass is 10.0. The molecule has 0 aliphatic rings. The molecule has 0 amide bonds. The molecule has 0 aliphatic heterocycles. The van der Waals surface area contributed by atoms with E-state index in [1.165, 1.54) is 5.56 Å². The van der Waals surface area contributed by atoms with Gasteiger partial charge in [0.15, 0.2) is 0 Å². The highest BCUT2D eigenvalue weighted by Crippen LogP contribution is 2.22. The maximum absolute atomic E-state index is 5.68. The van der Waals surface area contributed by atoms with Gasteiger partial charge >= 0.3 is 0 Å². The Kier molecular flexibility index (Phi) is 4.47. The van der Waals surface area contributed by atoms with Crippen LogP contribution in [0.2, 0.25) is 0 Å². The molecule has 0 radical (unpaired) electrons. The molecule has 0 aliphatic carbocycles. The molecular formula is C14H19N3O. The van der Waals surface area contributed by atoms with Gasteiger partial charge in [-0.3, -0.25) is 0 Å². The van der Waals surface area contributed by atoms with Crippen molar-refractivity contribution in [3.63, 3.8) is 0 Å². The van der Waals surface area contributed by atoms with Crippen LogP contribution in [0.15, 0.2) is 34.7 Å². The zero-order valence-corrected chi connectivity index (χ0v) is 10.9. The van der Waals surface area contributed by atoms with E-state index in [1.807, 2.05) is 18.2 Å². The van der Waals surface area contributed by atoms with Gasteiger partial charge in [0, 0.05) is 13.0 Å². The van der Waals surface area contributed by atoms with Crippen molar-refractivity contribution in [2.24, 2.45) is 0 Å². The first-order valence-electron chi connectivity index (χ1n) is 6.39. The monoisotopic (exact) mass is 245 g/mol. The second-order valence-corrected chi connectivity index (χ2v) is 4.27. The number of hydrogen-bond donors (Lipinski definition) is 1. The highest BCUT2D eigenvalue weighted by Gasteiger charge is 2.15. The van der Waals surface area contributed by atoms with Gasteiger partial charge in [-0.15, -0.1) is 10.2 Å². The number of benzene rings is 1. The Hall–Kier alpha value is -1.68. The van der Waals surface area contributed by atoms with E-state index in [9.17, 15) is 0 Å². The quantitative estimate of drug-likeness (QED) is 0.794. The number of rotatable bonds is 6. The molecule has 1 atom stereocenters. The Bertz CT molecular complexity index is 467. The van der Waals surface area contributed by atoms with Crippen LogP contribution in [0.25, 0.3) is 0 Å². The molecule has 0 spiro atoms. The molecule has 1 aromatic heterocycles. The largest absolute Gasteiger partial charge is 0.425 e. The number of aromatic nitrogens is 2. The van der Waals surface area contributed by atoms with Crippen molar-refractivity contribution in [2.75, 3.05) is 13.1 Å². The zero-order chi connectivity index (χ0) is 12.8. The Labute approximate surface area is 107 Å². The minimum Gasteiger partial charge on any atom is -0.425 e. The standard InChI is InChI=1S/C14H19N3O/c1-3-15-10-9-13-16-17-14(18-13)11(2)12-7-5-4-6-8-12/h4-8,11,15H,3,9-10H2,1-2H3. The fourth-order valence-corrected chi connectivity index (χ4v) is 1.80. The average molecular weight is 245 g/mol. The van der Waals surface area contributed by atoms with Crippen LogP contribution in [0, 0.1) is 0 Å². The predicted octanol–water partition coefficient (Wildman–Crippen LogP) is 2.37. The fourth-order valence-electron chi connectivity index (χ4n) is 1.80. The second kappa shape index (κ2) is 6.31. The number of nitrogens with zero attached hydrogens (tertiary/aromatic N) is 2. The van der Waals surface area contributed by atoms with Gasteiger partial charge in [-0.25, -0.2) is 0 Å². The first kappa shape index (κ1) is 12.8. The van der Waals surface area contributed by atoms with Crippen molar-refractivity contribution in [3.8, 4) is 0 Å². The molecule has 1 N–H and O–H groups in total. The van der Waals surface area contributed by atoms with E-state index >= 15 is 0 Å². The molecule has 1 unspecified atom stereocenters. The van der Waals surface area contributed by atoms with Gasteiger partial charge in [0.2, 0.25) is 11.8 Å². The van der Waals surface area contributed by atoms with Crippen LogP contribution in [-0.2, 0) is 6.42 Å². The summed E-state index contributed by atoms with van der Waals surface area (Å²) in [6, 6.07) is 10.2. The van der Waals surface area contributed by atoms with Crippen LogP contribution in [0.1, 0.15) is 37.1 Å². The highest BCUT2D eigenvalue weighted by molar-refractivity contribution is 5.23. The molecule has 1 aromatic carbocycles. The van der Waals surface area contributed by atoms with Gasteiger partial charge in [0.25, 0.3) is 0 Å². The third-order valence-electron chi connectivity index (χ3n) is 2.92. The van der Waals surface area contributed by atoms with Gasteiger partial charge in [0.05, 0.1) is 5.92 Å². The molecule has 0 fully saturated rings. The SMILES string of the molecule is CCNCCc1nnc(C(C)c2ccccc2)o1. The Morgan fingerprint density at radius 2 is 2.00 bits per heavy atom. The van der Waals surface area contributed by atoms with E-state index in [2.05, 4.69) is 41.5 Å². The first-order valence-corrected chi connectivity index (χ1v) is 6.39. The predicted molar refractivity (Wildman–Crippen MR) is 70.5 cm³/mol. The molecule has 4 nitrogen and oxygen atoms in total. The summed E-state index contributed by atoms with van der Waals surface area (Å²) in [5.74, 6) is 1.54. The van der Waals surface area contributed by atoms with Gasteiger partial charge in [-0.1, -0.05) is 37.3 Å². The van der Waals surface area contributed by atoms with Crippen LogP contribution < -0.4 is 5.32 Å². The summed E-state index contributed by atoms with van der Waals surface area (Å²) in [6.45, 7) is 5.99. The molecule has 96 valence electrons. The highest BCUT2D eigenvalue weighted by atomic mass is 16.4. The molecule has 0 bridgehead atoms. The summed E-state index contributed by atoms with van der Waals surface area (Å²) in [5, 5.41) is 11.4. The second-order valence-electron chi connectivity index (χ2n) is 4.27. The van der Waals surface area contributed by atoms with Gasteiger partial charge in [0.1, 0.15) is 0 Å². The number of nitrogens with one attached hydrogen (secondary N) is 1. The molecule has 4 heteroatoms. The Balaban J connectivity index is 2.01. The molecule has 2 aromatic rings. The number of likely N-dealkylation sites (N-methyl/N-ethyl adjacent to an activating group) is 1. The van der Waals surface area contributed by atoms with E-state index in [0.29, 0.717) is 11.8 Å². The lowest BCUT2D eigenvalue weighted by molar-refractivity contribution is 0.435. The third kappa shape index (κ3) is 3.17. The maximum atomic E-state index is 5.68. The molecular weight excluding hydrogens is 226 g/mol. The molecule has 0 saturated carbocycles. The summed E-state index contributed by atoms with van der Waals surface area (Å²) in [7, 11) is 0. The lowest BCUT2D eigenvalue weighted by Gasteiger charge is -2.05. The van der Waals surface area contributed by atoms with Gasteiger partial charge in [-0.2, -0.15) is 0 Å². The smallest absolute Gasteiger partial charge is 0.223 e. The van der Waals surface area contributed by atoms with Gasteiger partial charge < -0.3 is 9.73 Å². The summed E-state index contributed by atoms with van der Waals surface area (Å²) in [6.07, 6.45) is 0.780. The normalized spacial score (nSPS) is 12.6. The van der Waals surface area contributed by atoms with Crippen molar-refractivity contribution >= 4 is 0 Å². The fraction of sp³-hybridized carbons (Fsp3) is 0.429. The minimum atomic E-state index is 0.145. The van der Waals surface area contributed by atoms with E-state index in [0.717, 1.165) is 19.5 Å². The summed E-state index contributed by atoms with van der Waals surface area (Å²) in [5.41, 5.74) is 1.19. The van der Waals surface area contributed by atoms with Crippen LogP contribution in [0.4, 0.5) is 0 Å². The Morgan fingerprint density at radius 3 is 2.72 bits per heavy atom. The van der Waals surface area contributed by atoms with E-state index < -0.39 is 0 Å². The molecule has 1 heterocycles. The van der Waals surface area contributed by atoms with Gasteiger partial charge in [-0.05, 0) is 19.0 Å². The van der Waals surface area contributed by atoms with Crippen LogP contribution in [-0.4, -0.2) is 23.3 Å². The van der Waals surface area contributed by atoms with Crippen LogP contribution in [0.3, 0.4) is 0 Å². The van der Waals surface area contributed by atoms with Crippen molar-refractivity contribution in [1.82, 2.24) is 15.5 Å². The number of hydrogen-bond acceptors (Lipinski definition) is 4. The average Bonchev–Trinajstić information content (AvgIpc) is 2.88. The van der Waals surface area contributed by atoms with E-state index in [1.54, 1.807) is 0 Å². The van der Waals surface area contributed by atoms with Crippen molar-refractivity contribution < 1.29 is 4.42 Å². The first-order chi connectivity index (χ1) is 8.81. The molecule has 0 saturated heterocycles. The summed E-state index contributed by atoms with van der Waals surface area (Å²) >= 11 is 0. The molecule has 2 rings (SSSR count). The van der Waals surface area contributed by atoms with Crippen LogP contribution in [0.5, 0.6) is 0 Å². The third-order valence-corrected chi connectivity index (χ3v) is 2.92. The van der Waals surface area contributed by atoms with E-state index in [4.69, 9.17) is 4.42 Å². The summed E-state index contributed by atoms with van der Waals surface area (Å²) < 4.78 is 5.68. The lowest BCUT2D eigenvalue weighted by Crippen LogP contribution is -2.16. The maximum Gasteiger partial charge on any atom is 0.223 e. The van der Waals surface area contributed by atoms with Crippen molar-refractivity contribution in [2.45, 2.75) is 26.2 Å². The molecule has 18 heavy (non-hydrogen) atoms. The minimum absolute atomic E-state index is 0.145. The topological polar surface area (TPSA) is 51.0 Å². The van der Waals surface area contributed by atoms with Crippen LogP contribution >= 0.6 is 0 Å². The van der Waals surface area contributed by atoms with Crippen molar-refractivity contribution in [3.05, 3.63) is 47.7 Å².